The van der Waals surface area contributed by atoms with Crippen molar-refractivity contribution in [2.45, 2.75) is 37.3 Å². The molecule has 1 aliphatic heterocycles. The van der Waals surface area contributed by atoms with E-state index in [0.717, 1.165) is 12.8 Å². The minimum Gasteiger partial charge on any atom is -0.291 e. The summed E-state index contributed by atoms with van der Waals surface area (Å²) in [5, 5.41) is -1.52. The maximum Gasteiger partial charge on any atom is 0.403 e. The molecule has 5 nitrogen and oxygen atoms in total. The van der Waals surface area contributed by atoms with E-state index in [1.54, 1.807) is 0 Å². The predicted octanol–water partition coefficient (Wildman–Crippen LogP) is 0.379. The zero-order valence-electron chi connectivity index (χ0n) is 7.26. The van der Waals surface area contributed by atoms with Gasteiger partial charge in [-0.2, -0.15) is 8.42 Å². The first kappa shape index (κ1) is 11.3. The molecule has 1 aliphatic rings. The van der Waals surface area contributed by atoms with Crippen molar-refractivity contribution in [3.05, 3.63) is 0 Å². The number of hydrogen-bond acceptors (Lipinski definition) is 6. The summed E-state index contributed by atoms with van der Waals surface area (Å²) in [7, 11) is -3.93. The number of thiol groups is 1. The molecule has 1 rings (SSSR count). The summed E-state index contributed by atoms with van der Waals surface area (Å²) in [4.78, 5) is 0. The fourth-order valence-corrected chi connectivity index (χ4v) is 2.62. The average Bonchev–Trinajstić information content (AvgIpc) is 2.14. The van der Waals surface area contributed by atoms with E-state index in [1.165, 1.54) is 0 Å². The van der Waals surface area contributed by atoms with Crippen molar-refractivity contribution in [2.24, 2.45) is 5.73 Å². The van der Waals surface area contributed by atoms with Crippen molar-refractivity contribution in [3.63, 3.8) is 0 Å². The summed E-state index contributed by atoms with van der Waals surface area (Å²) in [5.74, 6) is 0. The van der Waals surface area contributed by atoms with Crippen molar-refractivity contribution in [1.82, 2.24) is 0 Å². The Hall–Kier alpha value is 0.180. The van der Waals surface area contributed by atoms with Gasteiger partial charge in [0, 0.05) is 0 Å². The molecule has 2 unspecified atom stereocenters. The predicted molar refractivity (Wildman–Crippen MR) is 50.3 cm³/mol. The first-order valence-electron chi connectivity index (χ1n) is 4.02. The summed E-state index contributed by atoms with van der Waals surface area (Å²) in [6, 6.07) is 0. The fourth-order valence-electron chi connectivity index (χ4n) is 1.09. The zero-order valence-corrected chi connectivity index (χ0v) is 8.98. The summed E-state index contributed by atoms with van der Waals surface area (Å²) >= 11 is 3.88. The number of hydrogen-bond donors (Lipinski definition) is 2. The lowest BCUT2D eigenvalue weighted by Gasteiger charge is -2.19. The Morgan fingerprint density at radius 2 is 2.23 bits per heavy atom. The van der Waals surface area contributed by atoms with Crippen molar-refractivity contribution in [3.8, 4) is 0 Å². The Labute approximate surface area is 83.3 Å². The molecule has 2 N–H and O–H groups in total. The fraction of sp³-hybridized carbons (Fsp3) is 1.00. The van der Waals surface area contributed by atoms with Crippen LogP contribution in [-0.4, -0.2) is 19.6 Å². The average molecular weight is 227 g/mol. The van der Waals surface area contributed by atoms with E-state index in [0.29, 0.717) is 6.42 Å². The Morgan fingerprint density at radius 1 is 1.62 bits per heavy atom. The number of unbranched alkanes of at least 4 members (excludes halogenated alkanes) is 1. The van der Waals surface area contributed by atoms with E-state index in [4.69, 9.17) is 5.73 Å². The van der Waals surface area contributed by atoms with E-state index in [9.17, 15) is 8.42 Å². The molecule has 0 saturated carbocycles. The molecule has 0 amide bonds. The molecule has 13 heavy (non-hydrogen) atoms. The van der Waals surface area contributed by atoms with E-state index < -0.39 is 21.6 Å². The highest BCUT2D eigenvalue weighted by atomic mass is 32.3. The monoisotopic (exact) mass is 227 g/mol. The van der Waals surface area contributed by atoms with Crippen LogP contribution >= 0.6 is 12.6 Å². The lowest BCUT2D eigenvalue weighted by atomic mass is 10.1. The smallest absolute Gasteiger partial charge is 0.291 e. The van der Waals surface area contributed by atoms with Crippen LogP contribution in [0.15, 0.2) is 0 Å². The molecule has 0 aromatic carbocycles. The van der Waals surface area contributed by atoms with Crippen LogP contribution in [0.2, 0.25) is 0 Å². The minimum absolute atomic E-state index is 0.524. The maximum absolute atomic E-state index is 10.8. The third kappa shape index (κ3) is 2.81. The zero-order chi connectivity index (χ0) is 10.1. The van der Waals surface area contributed by atoms with Gasteiger partial charge in [-0.25, -0.2) is 8.37 Å². The number of nitrogens with two attached hydrogens (primary N) is 1. The van der Waals surface area contributed by atoms with E-state index in [-0.39, 0.29) is 0 Å². The van der Waals surface area contributed by atoms with Gasteiger partial charge in [0.25, 0.3) is 0 Å². The molecule has 1 heterocycles. The second kappa shape index (κ2) is 3.74. The van der Waals surface area contributed by atoms with Gasteiger partial charge in [-0.3, -0.25) is 5.73 Å². The van der Waals surface area contributed by atoms with Crippen LogP contribution in [0.4, 0.5) is 0 Å². The van der Waals surface area contributed by atoms with Crippen molar-refractivity contribution < 1.29 is 16.8 Å². The summed E-state index contributed by atoms with van der Waals surface area (Å²) in [6.45, 7) is 1.99. The molecule has 0 radical (unpaired) electrons. The molecule has 7 heteroatoms. The molecule has 1 fully saturated rings. The van der Waals surface area contributed by atoms with Gasteiger partial charge in [0.15, 0.2) is 0 Å². The highest BCUT2D eigenvalue weighted by Crippen LogP contribution is 2.32. The van der Waals surface area contributed by atoms with E-state index >= 15 is 0 Å². The standard InChI is InChI=1S/C6H13NO4S2/c1-2-3-4-5-6(7,12)11-13(8,9)10-5/h5,12H,2-4,7H2,1H3. The third-order valence-corrected chi connectivity index (χ3v) is 3.20. The first-order valence-corrected chi connectivity index (χ1v) is 5.80. The van der Waals surface area contributed by atoms with Crippen LogP contribution in [0.5, 0.6) is 0 Å². The molecule has 0 aromatic heterocycles. The normalized spacial score (nSPS) is 37.9. The Bertz CT molecular complexity index is 274. The van der Waals surface area contributed by atoms with Gasteiger partial charge in [-0.15, -0.1) is 12.6 Å². The lowest BCUT2D eigenvalue weighted by Crippen LogP contribution is -2.43. The van der Waals surface area contributed by atoms with Gasteiger partial charge in [-0.05, 0) is 6.42 Å². The van der Waals surface area contributed by atoms with Crippen molar-refractivity contribution in [2.75, 3.05) is 0 Å². The molecular formula is C6H13NO4S2. The quantitative estimate of drug-likeness (QED) is 0.538. The third-order valence-electron chi connectivity index (χ3n) is 1.75. The molecule has 78 valence electrons. The molecule has 0 aliphatic carbocycles. The largest absolute Gasteiger partial charge is 0.403 e. The maximum atomic E-state index is 10.8. The van der Waals surface area contributed by atoms with Crippen molar-refractivity contribution in [1.29, 1.82) is 0 Å². The number of rotatable bonds is 3. The first-order chi connectivity index (χ1) is 5.87. The van der Waals surface area contributed by atoms with Gasteiger partial charge < -0.3 is 0 Å². The lowest BCUT2D eigenvalue weighted by molar-refractivity contribution is 0.122. The topological polar surface area (TPSA) is 78.6 Å². The highest BCUT2D eigenvalue weighted by molar-refractivity contribution is 7.85. The van der Waals surface area contributed by atoms with Gasteiger partial charge in [-0.1, -0.05) is 19.8 Å². The molecule has 0 spiro atoms. The highest BCUT2D eigenvalue weighted by Gasteiger charge is 2.47. The van der Waals surface area contributed by atoms with Crippen LogP contribution in [0.3, 0.4) is 0 Å². The molecule has 0 aromatic rings. The minimum atomic E-state index is -3.93. The van der Waals surface area contributed by atoms with Crippen molar-refractivity contribution >= 4 is 23.0 Å². The van der Waals surface area contributed by atoms with Crippen LogP contribution in [0.1, 0.15) is 26.2 Å². The molecular weight excluding hydrogens is 214 g/mol. The molecule has 2 atom stereocenters. The van der Waals surface area contributed by atoms with Crippen LogP contribution in [0.25, 0.3) is 0 Å². The van der Waals surface area contributed by atoms with Gasteiger partial charge in [0.2, 0.25) is 5.06 Å². The Balaban J connectivity index is 2.65. The second-order valence-electron chi connectivity index (χ2n) is 2.97. The van der Waals surface area contributed by atoms with Crippen LogP contribution < -0.4 is 5.73 Å². The molecule has 1 saturated heterocycles. The Morgan fingerprint density at radius 3 is 2.62 bits per heavy atom. The van der Waals surface area contributed by atoms with E-state index in [2.05, 4.69) is 21.0 Å². The SMILES string of the molecule is CCCCC1OS(=O)(=O)OC1(N)S. The summed E-state index contributed by atoms with van der Waals surface area (Å²) in [5.41, 5.74) is 5.48. The Kier molecular flexibility index (Phi) is 3.24. The van der Waals surface area contributed by atoms with Crippen LogP contribution in [-0.2, 0) is 18.8 Å². The summed E-state index contributed by atoms with van der Waals surface area (Å²) < 4.78 is 30.7. The summed E-state index contributed by atoms with van der Waals surface area (Å²) in [6.07, 6.45) is 1.59. The van der Waals surface area contributed by atoms with E-state index in [1.807, 2.05) is 6.92 Å². The van der Waals surface area contributed by atoms with Gasteiger partial charge >= 0.3 is 10.4 Å². The van der Waals surface area contributed by atoms with Gasteiger partial charge in [0.05, 0.1) is 0 Å². The molecule has 0 bridgehead atoms. The second-order valence-corrected chi connectivity index (χ2v) is 4.85. The van der Waals surface area contributed by atoms with Crippen LogP contribution in [0, 0.1) is 0 Å². The van der Waals surface area contributed by atoms with Gasteiger partial charge in [0.1, 0.15) is 6.10 Å².